The van der Waals surface area contributed by atoms with Crippen molar-refractivity contribution in [1.82, 2.24) is 9.80 Å². The molecule has 0 saturated heterocycles. The Morgan fingerprint density at radius 3 is 2.33 bits per heavy atom. The van der Waals surface area contributed by atoms with Crippen LogP contribution < -0.4 is 0 Å². The summed E-state index contributed by atoms with van der Waals surface area (Å²) in [6.45, 7) is 7.96. The summed E-state index contributed by atoms with van der Waals surface area (Å²) in [7, 11) is 1.79. The molecule has 1 amide bonds. The van der Waals surface area contributed by atoms with Crippen molar-refractivity contribution < 1.29 is 9.18 Å². The second-order valence-electron chi connectivity index (χ2n) is 6.39. The van der Waals surface area contributed by atoms with E-state index >= 15 is 0 Å². The molecule has 1 aromatic heterocycles. The Hall–Kier alpha value is -1.72. The summed E-state index contributed by atoms with van der Waals surface area (Å²) in [6.07, 6.45) is 0. The maximum absolute atomic E-state index is 13.0. The molecule has 2 rings (SSSR count). The Bertz CT molecular complexity index is 666. The molecule has 0 aliphatic rings. The largest absolute Gasteiger partial charge is 0.340 e. The van der Waals surface area contributed by atoms with E-state index in [2.05, 4.69) is 37.8 Å². The van der Waals surface area contributed by atoms with Crippen molar-refractivity contribution >= 4 is 17.2 Å². The first-order valence-electron chi connectivity index (χ1n) is 8.13. The molecule has 1 aromatic carbocycles. The van der Waals surface area contributed by atoms with E-state index in [4.69, 9.17) is 0 Å². The molecular weight excluding hydrogens is 323 g/mol. The number of likely N-dealkylation sites (N-methyl/N-ethyl adjacent to an activating group) is 1. The third-order valence-electron chi connectivity index (χ3n) is 3.98. The van der Waals surface area contributed by atoms with Crippen molar-refractivity contribution in [3.05, 3.63) is 57.5 Å². The molecule has 0 aliphatic carbocycles. The number of hydrogen-bond donors (Lipinski definition) is 0. The van der Waals surface area contributed by atoms with Crippen LogP contribution in [0.4, 0.5) is 4.39 Å². The number of hydrogen-bond acceptors (Lipinski definition) is 3. The molecule has 1 heterocycles. The Balaban J connectivity index is 1.95. The molecule has 3 nitrogen and oxygen atoms in total. The molecule has 0 aliphatic heterocycles. The van der Waals surface area contributed by atoms with Crippen LogP contribution in [0, 0.1) is 12.7 Å². The average molecular weight is 348 g/mol. The summed E-state index contributed by atoms with van der Waals surface area (Å²) in [5.74, 6) is -0.189. The van der Waals surface area contributed by atoms with Crippen molar-refractivity contribution in [2.45, 2.75) is 39.9 Å². The number of nitrogens with zero attached hydrogens (tertiary/aromatic N) is 2. The Labute approximate surface area is 147 Å². The SMILES string of the molecule is Cc1ccc(CN(CC(=O)N(C)Cc2ccc(F)cc2)C(C)C)s1. The van der Waals surface area contributed by atoms with E-state index in [0.29, 0.717) is 13.1 Å². The van der Waals surface area contributed by atoms with Crippen molar-refractivity contribution in [3.63, 3.8) is 0 Å². The molecule has 0 radical (unpaired) electrons. The molecule has 24 heavy (non-hydrogen) atoms. The van der Waals surface area contributed by atoms with Crippen LogP contribution in [-0.2, 0) is 17.9 Å². The van der Waals surface area contributed by atoms with E-state index in [1.807, 2.05) is 0 Å². The van der Waals surface area contributed by atoms with Crippen LogP contribution in [0.2, 0.25) is 0 Å². The standard InChI is InChI=1S/C19H25FN2OS/c1-14(2)22(12-18-10-5-15(3)24-18)13-19(23)21(4)11-16-6-8-17(20)9-7-16/h5-10,14H,11-13H2,1-4H3. The highest BCUT2D eigenvalue weighted by atomic mass is 32.1. The number of carbonyl (C=O) groups is 1. The highest BCUT2D eigenvalue weighted by molar-refractivity contribution is 7.11. The minimum atomic E-state index is -0.259. The Morgan fingerprint density at radius 1 is 1.12 bits per heavy atom. The zero-order chi connectivity index (χ0) is 17.7. The van der Waals surface area contributed by atoms with Crippen LogP contribution in [0.1, 0.15) is 29.2 Å². The highest BCUT2D eigenvalue weighted by Gasteiger charge is 2.18. The fraction of sp³-hybridized carbons (Fsp3) is 0.421. The smallest absolute Gasteiger partial charge is 0.236 e. The van der Waals surface area contributed by atoms with Gasteiger partial charge in [-0.15, -0.1) is 11.3 Å². The summed E-state index contributed by atoms with van der Waals surface area (Å²) in [5.41, 5.74) is 0.928. The molecule has 0 spiro atoms. The minimum absolute atomic E-state index is 0.0707. The molecule has 5 heteroatoms. The maximum Gasteiger partial charge on any atom is 0.236 e. The van der Waals surface area contributed by atoms with Gasteiger partial charge in [0.15, 0.2) is 0 Å². The van der Waals surface area contributed by atoms with Crippen LogP contribution >= 0.6 is 11.3 Å². The maximum atomic E-state index is 13.0. The lowest BCUT2D eigenvalue weighted by Crippen LogP contribution is -2.40. The highest BCUT2D eigenvalue weighted by Crippen LogP contribution is 2.18. The summed E-state index contributed by atoms with van der Waals surface area (Å²) >= 11 is 1.77. The molecule has 0 atom stereocenters. The van der Waals surface area contributed by atoms with Crippen LogP contribution in [0.25, 0.3) is 0 Å². The first kappa shape index (κ1) is 18.6. The van der Waals surface area contributed by atoms with Crippen LogP contribution in [0.3, 0.4) is 0 Å². The van der Waals surface area contributed by atoms with Gasteiger partial charge in [0.25, 0.3) is 0 Å². The summed E-state index contributed by atoms with van der Waals surface area (Å²) in [5, 5.41) is 0. The van der Waals surface area contributed by atoms with Crippen molar-refractivity contribution in [1.29, 1.82) is 0 Å². The van der Waals surface area contributed by atoms with Crippen LogP contribution in [0.5, 0.6) is 0 Å². The fourth-order valence-electron chi connectivity index (χ4n) is 2.44. The Morgan fingerprint density at radius 2 is 1.79 bits per heavy atom. The third-order valence-corrected chi connectivity index (χ3v) is 4.97. The first-order chi connectivity index (χ1) is 11.3. The minimum Gasteiger partial charge on any atom is -0.340 e. The number of thiophene rings is 1. The van der Waals surface area contributed by atoms with E-state index in [9.17, 15) is 9.18 Å². The quantitative estimate of drug-likeness (QED) is 0.753. The van der Waals surface area contributed by atoms with Gasteiger partial charge in [-0.3, -0.25) is 9.69 Å². The number of carbonyl (C=O) groups excluding carboxylic acids is 1. The van der Waals surface area contributed by atoms with Gasteiger partial charge in [-0.05, 0) is 50.6 Å². The number of halogens is 1. The topological polar surface area (TPSA) is 23.6 Å². The van der Waals surface area contributed by atoms with Crippen LogP contribution in [-0.4, -0.2) is 35.3 Å². The molecule has 0 saturated carbocycles. The number of aryl methyl sites for hydroxylation is 1. The van der Waals surface area contributed by atoms with Gasteiger partial charge in [-0.1, -0.05) is 12.1 Å². The number of amides is 1. The van der Waals surface area contributed by atoms with E-state index in [-0.39, 0.29) is 17.8 Å². The normalized spacial score (nSPS) is 11.3. The molecule has 130 valence electrons. The van der Waals surface area contributed by atoms with Crippen molar-refractivity contribution in [3.8, 4) is 0 Å². The Kier molecular flexibility index (Phi) is 6.52. The number of rotatable bonds is 7. The fourth-order valence-corrected chi connectivity index (χ4v) is 3.35. The van der Waals surface area contributed by atoms with Crippen molar-refractivity contribution in [2.24, 2.45) is 0 Å². The van der Waals surface area contributed by atoms with Gasteiger partial charge < -0.3 is 4.90 Å². The molecule has 0 bridgehead atoms. The van der Waals surface area contributed by atoms with Gasteiger partial charge in [0.2, 0.25) is 5.91 Å². The van der Waals surface area contributed by atoms with Crippen molar-refractivity contribution in [2.75, 3.05) is 13.6 Å². The molecular formula is C19H25FN2OS. The summed E-state index contributed by atoms with van der Waals surface area (Å²) < 4.78 is 13.0. The zero-order valence-electron chi connectivity index (χ0n) is 14.8. The molecule has 0 fully saturated rings. The lowest BCUT2D eigenvalue weighted by molar-refractivity contribution is -0.132. The molecule has 0 unspecified atom stereocenters. The lowest BCUT2D eigenvalue weighted by atomic mass is 10.2. The first-order valence-corrected chi connectivity index (χ1v) is 8.94. The van der Waals surface area contributed by atoms with Gasteiger partial charge >= 0.3 is 0 Å². The third kappa shape index (κ3) is 5.42. The predicted octanol–water partition coefficient (Wildman–Crippen LogP) is 4.06. The molecule has 2 aromatic rings. The predicted molar refractivity (Wildman–Crippen MR) is 97.5 cm³/mol. The lowest BCUT2D eigenvalue weighted by Gasteiger charge is -2.28. The molecule has 0 N–H and O–H groups in total. The van der Waals surface area contributed by atoms with E-state index in [1.165, 1.54) is 21.9 Å². The average Bonchev–Trinajstić information content (AvgIpc) is 2.93. The summed E-state index contributed by atoms with van der Waals surface area (Å²) in [6, 6.07) is 10.8. The monoisotopic (exact) mass is 348 g/mol. The van der Waals surface area contributed by atoms with Gasteiger partial charge in [0, 0.05) is 35.9 Å². The van der Waals surface area contributed by atoms with E-state index < -0.39 is 0 Å². The van der Waals surface area contributed by atoms with E-state index in [0.717, 1.165) is 12.1 Å². The van der Waals surface area contributed by atoms with Gasteiger partial charge in [0.1, 0.15) is 5.82 Å². The van der Waals surface area contributed by atoms with Gasteiger partial charge in [0.05, 0.1) is 6.54 Å². The summed E-state index contributed by atoms with van der Waals surface area (Å²) in [4.78, 5) is 19.0. The zero-order valence-corrected chi connectivity index (χ0v) is 15.6. The second kappa shape index (κ2) is 8.40. The van der Waals surface area contributed by atoms with E-state index in [1.54, 1.807) is 35.4 Å². The van der Waals surface area contributed by atoms with Crippen LogP contribution in [0.15, 0.2) is 36.4 Å². The second-order valence-corrected chi connectivity index (χ2v) is 7.76. The van der Waals surface area contributed by atoms with Gasteiger partial charge in [-0.2, -0.15) is 0 Å². The van der Waals surface area contributed by atoms with Gasteiger partial charge in [-0.25, -0.2) is 4.39 Å². The number of benzene rings is 1.